The number of rotatable bonds is 3. The average molecular weight is 292 g/mol. The Bertz CT molecular complexity index is 702. The fraction of sp³-hybridized carbons (Fsp3) is 0.273. The van der Waals surface area contributed by atoms with Gasteiger partial charge in [0.2, 0.25) is 0 Å². The van der Waals surface area contributed by atoms with Crippen molar-refractivity contribution in [1.29, 1.82) is 0 Å². The Kier molecular flexibility index (Phi) is 6.37. The second-order valence-corrected chi connectivity index (χ2v) is 5.46. The van der Waals surface area contributed by atoms with Crippen LogP contribution in [0.2, 0.25) is 0 Å². The van der Waals surface area contributed by atoms with E-state index >= 15 is 0 Å². The molecule has 0 radical (unpaired) electrons. The van der Waals surface area contributed by atoms with Crippen molar-refractivity contribution in [2.75, 3.05) is 0 Å². The average Bonchev–Trinajstić information content (AvgIpc) is 2.54. The largest absolute Gasteiger partial charge is 0.0776 e. The Morgan fingerprint density at radius 3 is 2.09 bits per heavy atom. The molecule has 1 atom stereocenters. The maximum atomic E-state index is 2.28. The van der Waals surface area contributed by atoms with Crippen LogP contribution in [0.15, 0.2) is 66.7 Å². The zero-order valence-electron chi connectivity index (χ0n) is 12.1. The summed E-state index contributed by atoms with van der Waals surface area (Å²) in [7, 11) is 0. The molecule has 22 heavy (non-hydrogen) atoms. The zero-order valence-corrected chi connectivity index (χ0v) is 12.1. The molecule has 0 saturated heterocycles. The third-order valence-electron chi connectivity index (χ3n) is 4.19. The van der Waals surface area contributed by atoms with Gasteiger partial charge < -0.3 is 0 Å². The lowest BCUT2D eigenvalue weighted by Crippen LogP contribution is -1.90. The third-order valence-corrected chi connectivity index (χ3v) is 4.19. The van der Waals surface area contributed by atoms with Gasteiger partial charge in [-0.1, -0.05) is 95.4 Å². The Balaban J connectivity index is 0.00000121. The van der Waals surface area contributed by atoms with Crippen LogP contribution in [0.25, 0.3) is 21.9 Å². The van der Waals surface area contributed by atoms with E-state index in [0.717, 1.165) is 0 Å². The Morgan fingerprint density at radius 1 is 0.773 bits per heavy atom. The van der Waals surface area contributed by atoms with Crippen molar-refractivity contribution in [3.05, 3.63) is 72.3 Å². The van der Waals surface area contributed by atoms with Crippen molar-refractivity contribution in [2.24, 2.45) is 0 Å². The van der Waals surface area contributed by atoms with Crippen molar-refractivity contribution in [3.63, 3.8) is 0 Å². The van der Waals surface area contributed by atoms with E-state index in [9.17, 15) is 0 Å². The highest BCUT2D eigenvalue weighted by Crippen LogP contribution is 2.30. The highest BCUT2D eigenvalue weighted by atomic mass is 14.1. The maximum Gasteiger partial charge on any atom is -0.0105 e. The topological polar surface area (TPSA) is 0 Å². The van der Waals surface area contributed by atoms with Gasteiger partial charge in [-0.3, -0.25) is 0 Å². The molecule has 0 bridgehead atoms. The predicted octanol–water partition coefficient (Wildman–Crippen LogP) is 7.29. The van der Waals surface area contributed by atoms with Gasteiger partial charge in [-0.25, -0.2) is 0 Å². The lowest BCUT2D eigenvalue weighted by atomic mass is 9.94. The van der Waals surface area contributed by atoms with Crippen molar-refractivity contribution in [1.82, 2.24) is 0 Å². The minimum Gasteiger partial charge on any atom is -0.0776 e. The van der Waals surface area contributed by atoms with E-state index in [1.54, 1.807) is 0 Å². The van der Waals surface area contributed by atoms with Gasteiger partial charge in [0.15, 0.2) is 0 Å². The summed E-state index contributed by atoms with van der Waals surface area (Å²) in [6, 6.07) is 24.1. The molecule has 3 rings (SSSR count). The molecule has 3 aromatic rings. The molecular formula is C22H28. The van der Waals surface area contributed by atoms with Crippen LogP contribution >= 0.6 is 0 Å². The SMILES string of the molecule is C.C.CCC(C)c1ccc(-c2cccc3ccccc23)cc1. The lowest BCUT2D eigenvalue weighted by Gasteiger charge is -2.11. The normalized spacial score (nSPS) is 11.4. The van der Waals surface area contributed by atoms with Gasteiger partial charge in [0.25, 0.3) is 0 Å². The summed E-state index contributed by atoms with van der Waals surface area (Å²) in [4.78, 5) is 0. The van der Waals surface area contributed by atoms with Gasteiger partial charge in [0.1, 0.15) is 0 Å². The van der Waals surface area contributed by atoms with Gasteiger partial charge in [-0.15, -0.1) is 0 Å². The lowest BCUT2D eigenvalue weighted by molar-refractivity contribution is 0.734. The molecule has 0 amide bonds. The van der Waals surface area contributed by atoms with Gasteiger partial charge in [0, 0.05) is 0 Å². The Hall–Kier alpha value is -2.08. The second-order valence-electron chi connectivity index (χ2n) is 5.46. The Labute approximate surface area is 135 Å². The van der Waals surface area contributed by atoms with Crippen LogP contribution in [0.4, 0.5) is 0 Å². The molecule has 0 heterocycles. The first kappa shape index (κ1) is 18.0. The second kappa shape index (κ2) is 7.79. The van der Waals surface area contributed by atoms with Gasteiger partial charge in [-0.2, -0.15) is 0 Å². The molecule has 0 N–H and O–H groups in total. The van der Waals surface area contributed by atoms with Crippen molar-refractivity contribution < 1.29 is 0 Å². The van der Waals surface area contributed by atoms with Crippen LogP contribution < -0.4 is 0 Å². The van der Waals surface area contributed by atoms with Crippen molar-refractivity contribution in [3.8, 4) is 11.1 Å². The molecule has 1 unspecified atom stereocenters. The third kappa shape index (κ3) is 3.39. The molecule has 0 aliphatic rings. The zero-order chi connectivity index (χ0) is 13.9. The molecule has 0 aliphatic heterocycles. The number of hydrogen-bond donors (Lipinski definition) is 0. The molecule has 0 spiro atoms. The standard InChI is InChI=1S/C20H20.2CH4/c1-3-15(2)16-11-13-18(14-12-16)20-10-6-8-17-7-4-5-9-19(17)20;;/h4-15H,3H2,1-2H3;2*1H4. The number of benzene rings is 3. The first-order chi connectivity index (χ1) is 9.79. The molecule has 116 valence electrons. The minimum absolute atomic E-state index is 0. The first-order valence-corrected chi connectivity index (χ1v) is 7.37. The molecule has 0 aliphatic carbocycles. The van der Waals surface area contributed by atoms with Gasteiger partial charge in [-0.05, 0) is 39.8 Å². The van der Waals surface area contributed by atoms with E-state index in [-0.39, 0.29) is 14.9 Å². The number of fused-ring (bicyclic) bond motifs is 1. The fourth-order valence-corrected chi connectivity index (χ4v) is 2.70. The van der Waals surface area contributed by atoms with E-state index in [0.29, 0.717) is 5.92 Å². The van der Waals surface area contributed by atoms with Crippen molar-refractivity contribution >= 4 is 10.8 Å². The van der Waals surface area contributed by atoms with Crippen LogP contribution in [-0.4, -0.2) is 0 Å². The van der Waals surface area contributed by atoms with E-state index < -0.39 is 0 Å². The fourth-order valence-electron chi connectivity index (χ4n) is 2.70. The van der Waals surface area contributed by atoms with Crippen LogP contribution in [-0.2, 0) is 0 Å². The molecule has 0 fully saturated rings. The summed E-state index contributed by atoms with van der Waals surface area (Å²) < 4.78 is 0. The summed E-state index contributed by atoms with van der Waals surface area (Å²) in [5.74, 6) is 0.636. The predicted molar refractivity (Wildman–Crippen MR) is 102 cm³/mol. The summed E-state index contributed by atoms with van der Waals surface area (Å²) in [6.07, 6.45) is 1.19. The molecular weight excluding hydrogens is 264 g/mol. The van der Waals surface area contributed by atoms with Gasteiger partial charge in [0.05, 0.1) is 0 Å². The van der Waals surface area contributed by atoms with Crippen molar-refractivity contribution in [2.45, 2.75) is 41.0 Å². The Morgan fingerprint density at radius 2 is 1.41 bits per heavy atom. The molecule has 0 nitrogen and oxygen atoms in total. The van der Waals surface area contributed by atoms with E-state index in [2.05, 4.69) is 80.6 Å². The van der Waals surface area contributed by atoms with Crippen LogP contribution in [0.1, 0.15) is 46.6 Å². The first-order valence-electron chi connectivity index (χ1n) is 7.37. The highest BCUT2D eigenvalue weighted by Gasteiger charge is 2.05. The summed E-state index contributed by atoms with van der Waals surface area (Å²) in [5, 5.41) is 2.63. The van der Waals surface area contributed by atoms with Crippen LogP contribution in [0.5, 0.6) is 0 Å². The molecule has 0 heteroatoms. The van der Waals surface area contributed by atoms with E-state index in [1.165, 1.54) is 33.9 Å². The summed E-state index contributed by atoms with van der Waals surface area (Å²) in [6.45, 7) is 4.52. The van der Waals surface area contributed by atoms with Gasteiger partial charge >= 0.3 is 0 Å². The minimum atomic E-state index is 0. The quantitative estimate of drug-likeness (QED) is 0.475. The maximum absolute atomic E-state index is 2.28. The molecule has 3 aromatic carbocycles. The molecule has 0 aromatic heterocycles. The van der Waals surface area contributed by atoms with Crippen LogP contribution in [0, 0.1) is 0 Å². The highest BCUT2D eigenvalue weighted by molar-refractivity contribution is 5.96. The van der Waals surface area contributed by atoms with E-state index in [1.807, 2.05) is 0 Å². The molecule has 0 saturated carbocycles. The monoisotopic (exact) mass is 292 g/mol. The summed E-state index contributed by atoms with van der Waals surface area (Å²) in [5.41, 5.74) is 4.05. The van der Waals surface area contributed by atoms with Crippen LogP contribution in [0.3, 0.4) is 0 Å². The number of hydrogen-bond acceptors (Lipinski definition) is 0. The van der Waals surface area contributed by atoms with E-state index in [4.69, 9.17) is 0 Å². The summed E-state index contributed by atoms with van der Waals surface area (Å²) >= 11 is 0. The smallest absolute Gasteiger partial charge is 0.0105 e.